The van der Waals surface area contributed by atoms with E-state index in [1.807, 2.05) is 25.1 Å². The van der Waals surface area contributed by atoms with Gasteiger partial charge < -0.3 is 5.73 Å². The zero-order chi connectivity index (χ0) is 11.7. The van der Waals surface area contributed by atoms with Crippen LogP contribution in [0, 0.1) is 13.8 Å². The van der Waals surface area contributed by atoms with E-state index in [0.717, 1.165) is 11.1 Å². The maximum absolute atomic E-state index is 5.94. The summed E-state index contributed by atoms with van der Waals surface area (Å²) >= 11 is 5.94. The summed E-state index contributed by atoms with van der Waals surface area (Å²) in [6.45, 7) is 3.75. The van der Waals surface area contributed by atoms with Gasteiger partial charge in [0.05, 0.1) is 0 Å². The zero-order valence-corrected chi connectivity index (χ0v) is 9.78. The molecule has 82 valence electrons. The highest BCUT2D eigenvalue weighted by atomic mass is 35.5. The molecule has 2 rings (SSSR count). The second kappa shape index (κ2) is 4.06. The Kier molecular flexibility index (Phi) is 2.75. The van der Waals surface area contributed by atoms with Gasteiger partial charge in [0.1, 0.15) is 5.82 Å². The van der Waals surface area contributed by atoms with Gasteiger partial charge in [-0.2, -0.15) is 9.97 Å². The van der Waals surface area contributed by atoms with E-state index in [2.05, 4.69) is 15.0 Å². The van der Waals surface area contributed by atoms with Crippen LogP contribution < -0.4 is 5.73 Å². The van der Waals surface area contributed by atoms with Gasteiger partial charge in [0.2, 0.25) is 5.95 Å². The molecule has 1 heterocycles. The van der Waals surface area contributed by atoms with Crippen LogP contribution in [0.25, 0.3) is 11.4 Å². The van der Waals surface area contributed by atoms with E-state index in [1.165, 1.54) is 0 Å². The molecule has 0 atom stereocenters. The van der Waals surface area contributed by atoms with Gasteiger partial charge in [0, 0.05) is 10.6 Å². The molecular formula is C11H11ClN4. The Morgan fingerprint density at radius 2 is 1.88 bits per heavy atom. The van der Waals surface area contributed by atoms with Crippen molar-refractivity contribution in [2.24, 2.45) is 0 Å². The monoisotopic (exact) mass is 234 g/mol. The third-order valence-electron chi connectivity index (χ3n) is 2.21. The Bertz CT molecular complexity index is 519. The molecule has 0 aliphatic carbocycles. The molecule has 0 fully saturated rings. The second-order valence-corrected chi connectivity index (χ2v) is 3.96. The second-order valence-electron chi connectivity index (χ2n) is 3.52. The Hall–Kier alpha value is -1.68. The highest BCUT2D eigenvalue weighted by molar-refractivity contribution is 6.30. The van der Waals surface area contributed by atoms with Crippen LogP contribution in [0.1, 0.15) is 11.4 Å². The van der Waals surface area contributed by atoms with E-state index in [9.17, 15) is 0 Å². The van der Waals surface area contributed by atoms with Gasteiger partial charge in [-0.3, -0.25) is 0 Å². The number of anilines is 1. The van der Waals surface area contributed by atoms with E-state index in [4.69, 9.17) is 17.3 Å². The molecule has 1 aromatic carbocycles. The summed E-state index contributed by atoms with van der Waals surface area (Å²) in [4.78, 5) is 12.3. The summed E-state index contributed by atoms with van der Waals surface area (Å²) in [6.07, 6.45) is 0. The van der Waals surface area contributed by atoms with Gasteiger partial charge in [0.25, 0.3) is 0 Å². The van der Waals surface area contributed by atoms with Crippen LogP contribution in [0.4, 0.5) is 5.95 Å². The number of rotatable bonds is 1. The molecule has 2 aromatic rings. The average Bonchev–Trinajstić information content (AvgIpc) is 2.20. The number of nitrogen functional groups attached to an aromatic ring is 1. The zero-order valence-electron chi connectivity index (χ0n) is 9.03. The topological polar surface area (TPSA) is 64.7 Å². The highest BCUT2D eigenvalue weighted by Gasteiger charge is 2.08. The molecule has 0 aliphatic rings. The van der Waals surface area contributed by atoms with E-state index in [0.29, 0.717) is 16.7 Å². The van der Waals surface area contributed by atoms with Gasteiger partial charge in [-0.15, -0.1) is 0 Å². The van der Waals surface area contributed by atoms with Crippen molar-refractivity contribution in [1.82, 2.24) is 15.0 Å². The molecule has 0 bridgehead atoms. The summed E-state index contributed by atoms with van der Waals surface area (Å²) in [5.41, 5.74) is 7.52. The molecule has 4 nitrogen and oxygen atoms in total. The molecule has 0 aliphatic heterocycles. The third kappa shape index (κ3) is 2.12. The lowest BCUT2D eigenvalue weighted by Crippen LogP contribution is -2.02. The fourth-order valence-electron chi connectivity index (χ4n) is 1.46. The first-order valence-electron chi connectivity index (χ1n) is 4.81. The first-order valence-corrected chi connectivity index (χ1v) is 5.19. The Labute approximate surface area is 98.5 Å². The number of nitrogens with zero attached hydrogens (tertiary/aromatic N) is 3. The number of halogens is 1. The van der Waals surface area contributed by atoms with Crippen LogP contribution in [0.5, 0.6) is 0 Å². The molecule has 1 aromatic heterocycles. The van der Waals surface area contributed by atoms with Gasteiger partial charge in [-0.05, 0) is 31.5 Å². The Morgan fingerprint density at radius 3 is 2.56 bits per heavy atom. The van der Waals surface area contributed by atoms with Crippen LogP contribution in [0.3, 0.4) is 0 Å². The van der Waals surface area contributed by atoms with Crippen LogP contribution in [-0.2, 0) is 0 Å². The minimum Gasteiger partial charge on any atom is -0.368 e. The molecule has 16 heavy (non-hydrogen) atoms. The van der Waals surface area contributed by atoms with Crippen LogP contribution in [-0.4, -0.2) is 15.0 Å². The Morgan fingerprint density at radius 1 is 1.12 bits per heavy atom. The maximum Gasteiger partial charge on any atom is 0.223 e. The van der Waals surface area contributed by atoms with Gasteiger partial charge >= 0.3 is 0 Å². The molecule has 0 spiro atoms. The first kappa shape index (κ1) is 10.8. The summed E-state index contributed by atoms with van der Waals surface area (Å²) < 4.78 is 0. The lowest BCUT2D eigenvalue weighted by molar-refractivity contribution is 0.995. The number of nitrogens with two attached hydrogens (primary N) is 1. The van der Waals surface area contributed by atoms with Crippen LogP contribution >= 0.6 is 11.6 Å². The standard InChI is InChI=1S/C11H11ClN4/c1-6-3-4-8(12)5-9(6)10-14-7(2)15-11(13)16-10/h3-5H,1-2H3,(H2,13,14,15,16). The normalized spacial score (nSPS) is 10.4. The number of hydrogen-bond donors (Lipinski definition) is 1. The van der Waals surface area contributed by atoms with Crippen molar-refractivity contribution < 1.29 is 0 Å². The van der Waals surface area contributed by atoms with Crippen molar-refractivity contribution in [3.05, 3.63) is 34.6 Å². The maximum atomic E-state index is 5.94. The van der Waals surface area contributed by atoms with Crippen molar-refractivity contribution >= 4 is 17.5 Å². The predicted octanol–water partition coefficient (Wildman–Crippen LogP) is 2.39. The average molecular weight is 235 g/mol. The lowest BCUT2D eigenvalue weighted by Gasteiger charge is -2.06. The molecule has 0 unspecified atom stereocenters. The summed E-state index contributed by atoms with van der Waals surface area (Å²) in [5, 5.41) is 0.650. The largest absolute Gasteiger partial charge is 0.368 e. The smallest absolute Gasteiger partial charge is 0.223 e. The van der Waals surface area contributed by atoms with Crippen LogP contribution in [0.15, 0.2) is 18.2 Å². The van der Waals surface area contributed by atoms with Crippen LogP contribution in [0.2, 0.25) is 5.02 Å². The molecule has 2 N–H and O–H groups in total. The van der Waals surface area contributed by atoms with Gasteiger partial charge in [0.15, 0.2) is 5.82 Å². The molecular weight excluding hydrogens is 224 g/mol. The highest BCUT2D eigenvalue weighted by Crippen LogP contribution is 2.23. The summed E-state index contributed by atoms with van der Waals surface area (Å²) in [6, 6.07) is 5.58. The van der Waals surface area contributed by atoms with E-state index < -0.39 is 0 Å². The molecule has 0 radical (unpaired) electrons. The number of aryl methyl sites for hydroxylation is 2. The minimum atomic E-state index is 0.224. The minimum absolute atomic E-state index is 0.224. The quantitative estimate of drug-likeness (QED) is 0.823. The number of benzene rings is 1. The van der Waals surface area contributed by atoms with Gasteiger partial charge in [-0.25, -0.2) is 4.98 Å². The van der Waals surface area contributed by atoms with Crippen molar-refractivity contribution in [1.29, 1.82) is 0 Å². The van der Waals surface area contributed by atoms with E-state index >= 15 is 0 Å². The molecule has 0 amide bonds. The predicted molar refractivity (Wildman–Crippen MR) is 64.2 cm³/mol. The van der Waals surface area contributed by atoms with Gasteiger partial charge in [-0.1, -0.05) is 17.7 Å². The van der Waals surface area contributed by atoms with Crippen molar-refractivity contribution in [2.75, 3.05) is 5.73 Å². The number of aromatic nitrogens is 3. The van der Waals surface area contributed by atoms with Crippen molar-refractivity contribution in [2.45, 2.75) is 13.8 Å². The SMILES string of the molecule is Cc1nc(N)nc(-c2cc(Cl)ccc2C)n1. The summed E-state index contributed by atoms with van der Waals surface area (Å²) in [5.74, 6) is 1.38. The molecule has 5 heteroatoms. The third-order valence-corrected chi connectivity index (χ3v) is 2.44. The first-order chi connectivity index (χ1) is 7.56. The molecule has 0 saturated carbocycles. The fraction of sp³-hybridized carbons (Fsp3) is 0.182. The summed E-state index contributed by atoms with van der Waals surface area (Å²) in [7, 11) is 0. The van der Waals surface area contributed by atoms with Crippen molar-refractivity contribution in [3.8, 4) is 11.4 Å². The number of hydrogen-bond acceptors (Lipinski definition) is 4. The lowest BCUT2D eigenvalue weighted by atomic mass is 10.1. The Balaban J connectivity index is 2.62. The van der Waals surface area contributed by atoms with E-state index in [1.54, 1.807) is 6.92 Å². The fourth-order valence-corrected chi connectivity index (χ4v) is 1.63. The molecule has 0 saturated heterocycles. The van der Waals surface area contributed by atoms with E-state index in [-0.39, 0.29) is 5.95 Å². The van der Waals surface area contributed by atoms with Crippen molar-refractivity contribution in [3.63, 3.8) is 0 Å².